The molecule has 0 bridgehead atoms. The Morgan fingerprint density at radius 3 is 2.21 bits per heavy atom. The summed E-state index contributed by atoms with van der Waals surface area (Å²) in [5.74, 6) is 0.924. The van der Waals surface area contributed by atoms with Crippen LogP contribution < -0.4 is 4.74 Å². The first kappa shape index (κ1) is 15.6. The first-order valence-electron chi connectivity index (χ1n) is 7.32. The van der Waals surface area contributed by atoms with Crippen molar-refractivity contribution in [2.24, 2.45) is 5.41 Å². The summed E-state index contributed by atoms with van der Waals surface area (Å²) < 4.78 is 5.72. The molecule has 19 heavy (non-hydrogen) atoms. The second kappa shape index (κ2) is 7.84. The fourth-order valence-corrected chi connectivity index (χ4v) is 2.24. The highest BCUT2D eigenvalue weighted by Crippen LogP contribution is 2.30. The fourth-order valence-electron chi connectivity index (χ4n) is 2.24. The smallest absolute Gasteiger partial charge is 0.119 e. The highest BCUT2D eigenvalue weighted by Gasteiger charge is 2.24. The molecule has 0 atom stereocenters. The van der Waals surface area contributed by atoms with Crippen LogP contribution in [-0.2, 0) is 6.42 Å². The molecule has 2 nitrogen and oxygen atoms in total. The summed E-state index contributed by atoms with van der Waals surface area (Å²) in [6.45, 7) is 7.02. The van der Waals surface area contributed by atoms with Crippen molar-refractivity contribution >= 4 is 0 Å². The van der Waals surface area contributed by atoms with E-state index in [2.05, 4.69) is 39.0 Å². The lowest BCUT2D eigenvalue weighted by molar-refractivity contribution is 0.259. The van der Waals surface area contributed by atoms with Gasteiger partial charge in [-0.05, 0) is 49.8 Å². The Balaban J connectivity index is 2.36. The second-order valence-corrected chi connectivity index (χ2v) is 5.05. The summed E-state index contributed by atoms with van der Waals surface area (Å²) in [6, 6.07) is 10.7. The Kier molecular flexibility index (Phi) is 6.42. The van der Waals surface area contributed by atoms with Crippen molar-refractivity contribution in [2.75, 3.05) is 6.61 Å². The van der Waals surface area contributed by atoms with E-state index in [1.165, 1.54) is 5.56 Å². The number of aryl methyl sites for hydroxylation is 1. The number of rotatable bonds is 8. The van der Waals surface area contributed by atoms with Gasteiger partial charge in [-0.15, -0.1) is 0 Å². The van der Waals surface area contributed by atoms with E-state index in [-0.39, 0.29) is 5.41 Å². The summed E-state index contributed by atoms with van der Waals surface area (Å²) in [5.41, 5.74) is 1.17. The Morgan fingerprint density at radius 1 is 1.11 bits per heavy atom. The lowest BCUT2D eigenvalue weighted by Crippen LogP contribution is -2.17. The van der Waals surface area contributed by atoms with Crippen LogP contribution in [0.25, 0.3) is 0 Å². The van der Waals surface area contributed by atoms with Gasteiger partial charge in [-0.2, -0.15) is 5.26 Å². The van der Waals surface area contributed by atoms with Gasteiger partial charge in [-0.25, -0.2) is 0 Å². The molecule has 0 amide bonds. The summed E-state index contributed by atoms with van der Waals surface area (Å²) >= 11 is 0. The zero-order valence-electron chi connectivity index (χ0n) is 12.4. The van der Waals surface area contributed by atoms with E-state index in [4.69, 9.17) is 4.74 Å². The molecule has 0 saturated carbocycles. The van der Waals surface area contributed by atoms with Gasteiger partial charge in [-0.3, -0.25) is 0 Å². The minimum absolute atomic E-state index is 0.157. The van der Waals surface area contributed by atoms with Crippen LogP contribution in [0.5, 0.6) is 5.75 Å². The minimum atomic E-state index is -0.157. The Hall–Kier alpha value is -1.49. The molecule has 0 heterocycles. The number of benzene rings is 1. The summed E-state index contributed by atoms with van der Waals surface area (Å²) in [6.07, 6.45) is 4.75. The molecule has 2 heteroatoms. The van der Waals surface area contributed by atoms with Crippen molar-refractivity contribution < 1.29 is 4.74 Å². The molecule has 0 aliphatic carbocycles. The summed E-state index contributed by atoms with van der Waals surface area (Å²) in [4.78, 5) is 0. The molecule has 0 aliphatic rings. The van der Waals surface area contributed by atoms with Crippen molar-refractivity contribution in [1.82, 2.24) is 0 Å². The maximum Gasteiger partial charge on any atom is 0.119 e. The van der Waals surface area contributed by atoms with Gasteiger partial charge in [0.25, 0.3) is 0 Å². The third kappa shape index (κ3) is 4.59. The number of ether oxygens (including phenoxy) is 1. The third-order valence-corrected chi connectivity index (χ3v) is 3.99. The standard InChI is InChI=1S/C17H25NO/c1-4-15-8-10-16(11-9-15)19-13-7-12-17(5-2,6-3)14-18/h8-11H,4-7,12-13H2,1-3H3. The highest BCUT2D eigenvalue weighted by atomic mass is 16.5. The molecule has 1 aromatic rings. The van der Waals surface area contributed by atoms with Crippen molar-refractivity contribution in [2.45, 2.75) is 52.9 Å². The summed E-state index contributed by atoms with van der Waals surface area (Å²) in [7, 11) is 0. The number of hydrogen-bond donors (Lipinski definition) is 0. The van der Waals surface area contributed by atoms with Crippen molar-refractivity contribution in [3.05, 3.63) is 29.8 Å². The van der Waals surface area contributed by atoms with E-state index in [1.54, 1.807) is 0 Å². The van der Waals surface area contributed by atoms with Gasteiger partial charge in [0.15, 0.2) is 0 Å². The molecular weight excluding hydrogens is 234 g/mol. The molecule has 0 radical (unpaired) electrons. The van der Waals surface area contributed by atoms with Crippen molar-refractivity contribution in [3.8, 4) is 11.8 Å². The first-order valence-corrected chi connectivity index (χ1v) is 7.32. The van der Waals surface area contributed by atoms with Gasteiger partial charge in [0.2, 0.25) is 0 Å². The summed E-state index contributed by atoms with van der Waals surface area (Å²) in [5, 5.41) is 9.26. The van der Waals surface area contributed by atoms with Gasteiger partial charge >= 0.3 is 0 Å². The van der Waals surface area contributed by atoms with Gasteiger partial charge in [-0.1, -0.05) is 32.9 Å². The Morgan fingerprint density at radius 2 is 1.74 bits per heavy atom. The molecule has 0 saturated heterocycles. The van der Waals surface area contributed by atoms with E-state index < -0.39 is 0 Å². The minimum Gasteiger partial charge on any atom is -0.494 e. The maximum absolute atomic E-state index is 9.26. The van der Waals surface area contributed by atoms with Crippen LogP contribution >= 0.6 is 0 Å². The zero-order chi connectivity index (χ0) is 14.1. The van der Waals surface area contributed by atoms with Crippen molar-refractivity contribution in [3.63, 3.8) is 0 Å². The molecular formula is C17H25NO. The van der Waals surface area contributed by atoms with E-state index >= 15 is 0 Å². The van der Waals surface area contributed by atoms with Crippen LogP contribution in [0.15, 0.2) is 24.3 Å². The SMILES string of the molecule is CCc1ccc(OCCCC(C#N)(CC)CC)cc1. The highest BCUT2D eigenvalue weighted by molar-refractivity contribution is 5.27. The molecule has 0 N–H and O–H groups in total. The topological polar surface area (TPSA) is 33.0 Å². The Labute approximate surface area is 117 Å². The number of nitriles is 1. The first-order chi connectivity index (χ1) is 9.19. The monoisotopic (exact) mass is 259 g/mol. The maximum atomic E-state index is 9.26. The van der Waals surface area contributed by atoms with E-state index in [0.717, 1.165) is 37.9 Å². The Bertz CT molecular complexity index is 398. The lowest BCUT2D eigenvalue weighted by atomic mass is 9.80. The van der Waals surface area contributed by atoms with E-state index in [9.17, 15) is 5.26 Å². The van der Waals surface area contributed by atoms with Gasteiger partial charge < -0.3 is 4.74 Å². The predicted molar refractivity (Wildman–Crippen MR) is 79.2 cm³/mol. The quantitative estimate of drug-likeness (QED) is 0.632. The molecule has 1 aromatic carbocycles. The molecule has 104 valence electrons. The van der Waals surface area contributed by atoms with Crippen molar-refractivity contribution in [1.29, 1.82) is 5.26 Å². The molecule has 1 rings (SSSR count). The molecule has 0 spiro atoms. The number of nitrogens with zero attached hydrogens (tertiary/aromatic N) is 1. The van der Waals surface area contributed by atoms with Crippen LogP contribution in [0, 0.1) is 16.7 Å². The molecule has 0 unspecified atom stereocenters. The average molecular weight is 259 g/mol. The van der Waals surface area contributed by atoms with Crippen LogP contribution in [0.3, 0.4) is 0 Å². The van der Waals surface area contributed by atoms with Crippen LogP contribution in [0.1, 0.15) is 52.0 Å². The van der Waals surface area contributed by atoms with Gasteiger partial charge in [0.05, 0.1) is 18.1 Å². The van der Waals surface area contributed by atoms with Crippen LogP contribution in [0.2, 0.25) is 0 Å². The second-order valence-electron chi connectivity index (χ2n) is 5.05. The average Bonchev–Trinajstić information content (AvgIpc) is 2.49. The van der Waals surface area contributed by atoms with Gasteiger partial charge in [0.1, 0.15) is 5.75 Å². The van der Waals surface area contributed by atoms with E-state index in [1.807, 2.05) is 12.1 Å². The predicted octanol–water partition coefficient (Wildman–Crippen LogP) is 4.74. The van der Waals surface area contributed by atoms with Gasteiger partial charge in [0, 0.05) is 0 Å². The fraction of sp³-hybridized carbons (Fsp3) is 0.588. The zero-order valence-corrected chi connectivity index (χ0v) is 12.4. The molecule has 0 fully saturated rings. The van der Waals surface area contributed by atoms with Crippen LogP contribution in [0.4, 0.5) is 0 Å². The number of hydrogen-bond acceptors (Lipinski definition) is 2. The van der Waals surface area contributed by atoms with E-state index in [0.29, 0.717) is 6.61 Å². The lowest BCUT2D eigenvalue weighted by Gasteiger charge is -2.22. The largest absolute Gasteiger partial charge is 0.494 e. The normalized spacial score (nSPS) is 11.1. The third-order valence-electron chi connectivity index (χ3n) is 3.99. The molecule has 0 aromatic heterocycles. The van der Waals surface area contributed by atoms with Crippen LogP contribution in [-0.4, -0.2) is 6.61 Å². The molecule has 0 aliphatic heterocycles.